The van der Waals surface area contributed by atoms with E-state index < -0.39 is 11.7 Å². The predicted octanol–water partition coefficient (Wildman–Crippen LogP) is 1.13. The van der Waals surface area contributed by atoms with Crippen molar-refractivity contribution in [1.29, 1.82) is 0 Å². The molecular weight excluding hydrogens is 376 g/mol. The lowest BCUT2D eigenvalue weighted by Crippen LogP contribution is -2.43. The number of benzene rings is 1. The summed E-state index contributed by atoms with van der Waals surface area (Å²) in [4.78, 5) is 29.2. The Morgan fingerprint density at radius 2 is 1.83 bits per heavy atom. The highest BCUT2D eigenvalue weighted by Crippen LogP contribution is 2.35. The van der Waals surface area contributed by atoms with Gasteiger partial charge in [-0.1, -0.05) is 28.1 Å². The highest BCUT2D eigenvalue weighted by atomic mass is 79.9. The van der Waals surface area contributed by atoms with E-state index in [1.165, 1.54) is 17.9 Å². The molecule has 1 aromatic carbocycles. The van der Waals surface area contributed by atoms with E-state index in [1.54, 1.807) is 11.7 Å². The number of halogens is 1. The maximum Gasteiger partial charge on any atom is 0.332 e. The van der Waals surface area contributed by atoms with E-state index in [9.17, 15) is 9.59 Å². The van der Waals surface area contributed by atoms with Crippen LogP contribution in [0, 0.1) is 0 Å². The first kappa shape index (κ1) is 14.9. The minimum absolute atomic E-state index is 0.352. The second kappa shape index (κ2) is 5.17. The minimum Gasteiger partial charge on any atom is -0.310 e. The van der Waals surface area contributed by atoms with Gasteiger partial charge in [0.25, 0.3) is 5.56 Å². The van der Waals surface area contributed by atoms with Crippen LogP contribution in [0.5, 0.6) is 0 Å². The normalized spacial score (nSPS) is 15.5. The van der Waals surface area contributed by atoms with Crippen molar-refractivity contribution < 1.29 is 0 Å². The lowest BCUT2D eigenvalue weighted by atomic mass is 9.99. The van der Waals surface area contributed by atoms with Crippen molar-refractivity contribution in [3.05, 3.63) is 67.0 Å². The molecule has 1 atom stereocenters. The molecule has 1 aliphatic rings. The first-order valence-corrected chi connectivity index (χ1v) is 8.00. The third-order valence-electron chi connectivity index (χ3n) is 4.21. The SMILES string of the molecule is Cn1c2c(c(=O)n(C)c1=O)C(c1ccc(Br)cc1)n1ncnc1N2. The van der Waals surface area contributed by atoms with Gasteiger partial charge in [-0.15, -0.1) is 0 Å². The lowest BCUT2D eigenvalue weighted by Gasteiger charge is -2.28. The first-order valence-electron chi connectivity index (χ1n) is 7.21. The summed E-state index contributed by atoms with van der Waals surface area (Å²) in [5, 5.41) is 7.29. The van der Waals surface area contributed by atoms with Crippen molar-refractivity contribution in [2.45, 2.75) is 6.04 Å². The van der Waals surface area contributed by atoms with Crippen LogP contribution in [0.2, 0.25) is 0 Å². The Morgan fingerprint density at radius 3 is 2.54 bits per heavy atom. The van der Waals surface area contributed by atoms with Gasteiger partial charge in [0.2, 0.25) is 5.95 Å². The van der Waals surface area contributed by atoms with E-state index in [2.05, 4.69) is 31.3 Å². The standard InChI is InChI=1S/C15H13BrN6O2/c1-20-12-10(13(23)21(2)15(20)24)11(8-3-5-9(16)6-4-8)22-14(19-12)17-7-18-22/h3-7,11H,1-2H3,(H,17,18,19). The van der Waals surface area contributed by atoms with Gasteiger partial charge in [0, 0.05) is 18.6 Å². The van der Waals surface area contributed by atoms with Crippen LogP contribution in [-0.4, -0.2) is 23.9 Å². The number of rotatable bonds is 1. The van der Waals surface area contributed by atoms with Gasteiger partial charge in [-0.25, -0.2) is 9.48 Å². The van der Waals surface area contributed by atoms with Gasteiger partial charge in [0.05, 0.1) is 5.56 Å². The number of anilines is 2. The van der Waals surface area contributed by atoms with Crippen molar-refractivity contribution in [1.82, 2.24) is 23.9 Å². The van der Waals surface area contributed by atoms with Crippen molar-refractivity contribution in [2.24, 2.45) is 14.1 Å². The summed E-state index contributed by atoms with van der Waals surface area (Å²) in [6, 6.07) is 7.18. The predicted molar refractivity (Wildman–Crippen MR) is 91.6 cm³/mol. The molecule has 0 spiro atoms. The lowest BCUT2D eigenvalue weighted by molar-refractivity contribution is 0.558. The van der Waals surface area contributed by atoms with Crippen molar-refractivity contribution in [3.8, 4) is 0 Å². The van der Waals surface area contributed by atoms with Gasteiger partial charge >= 0.3 is 5.69 Å². The monoisotopic (exact) mass is 388 g/mol. The molecule has 8 nitrogen and oxygen atoms in total. The molecule has 3 aromatic rings. The largest absolute Gasteiger partial charge is 0.332 e. The summed E-state index contributed by atoms with van der Waals surface area (Å²) < 4.78 is 5.11. The first-order chi connectivity index (χ1) is 11.5. The number of nitrogens with zero attached hydrogens (tertiary/aromatic N) is 5. The number of aromatic nitrogens is 5. The molecule has 0 aliphatic carbocycles. The number of hydrogen-bond acceptors (Lipinski definition) is 5. The van der Waals surface area contributed by atoms with E-state index in [4.69, 9.17) is 0 Å². The molecule has 9 heteroatoms. The molecule has 24 heavy (non-hydrogen) atoms. The molecule has 0 bridgehead atoms. The summed E-state index contributed by atoms with van der Waals surface area (Å²) >= 11 is 3.41. The quantitative estimate of drug-likeness (QED) is 0.528. The molecule has 0 saturated carbocycles. The molecule has 122 valence electrons. The number of nitrogens with one attached hydrogen (secondary N) is 1. The van der Waals surface area contributed by atoms with Crippen molar-refractivity contribution >= 4 is 27.7 Å². The van der Waals surface area contributed by atoms with Crippen LogP contribution in [0.1, 0.15) is 17.2 Å². The zero-order valence-corrected chi connectivity index (χ0v) is 14.5. The van der Waals surface area contributed by atoms with E-state index in [-0.39, 0.29) is 5.56 Å². The highest BCUT2D eigenvalue weighted by Gasteiger charge is 2.33. The van der Waals surface area contributed by atoms with Gasteiger partial charge in [0.15, 0.2) is 0 Å². The summed E-state index contributed by atoms with van der Waals surface area (Å²) in [6.45, 7) is 0. The van der Waals surface area contributed by atoms with Gasteiger partial charge in [-0.2, -0.15) is 10.1 Å². The minimum atomic E-state index is -0.461. The smallest absolute Gasteiger partial charge is 0.310 e. The van der Waals surface area contributed by atoms with E-state index in [1.807, 2.05) is 24.3 Å². The zero-order chi connectivity index (χ0) is 17.0. The van der Waals surface area contributed by atoms with Crippen LogP contribution in [-0.2, 0) is 14.1 Å². The zero-order valence-electron chi connectivity index (χ0n) is 12.9. The third-order valence-corrected chi connectivity index (χ3v) is 4.74. The number of fused-ring (bicyclic) bond motifs is 2. The molecule has 1 N–H and O–H groups in total. The van der Waals surface area contributed by atoms with Crippen LogP contribution in [0.3, 0.4) is 0 Å². The third kappa shape index (κ3) is 1.97. The topological polar surface area (TPSA) is 86.7 Å². The van der Waals surface area contributed by atoms with E-state index >= 15 is 0 Å². The molecule has 1 unspecified atom stereocenters. The second-order valence-corrected chi connectivity index (χ2v) is 6.49. The molecule has 1 aliphatic heterocycles. The van der Waals surface area contributed by atoms with Gasteiger partial charge < -0.3 is 5.32 Å². The fourth-order valence-electron chi connectivity index (χ4n) is 2.98. The number of hydrogen-bond donors (Lipinski definition) is 1. The summed E-state index contributed by atoms with van der Waals surface area (Å²) in [7, 11) is 3.10. The maximum atomic E-state index is 12.8. The molecule has 0 saturated heterocycles. The fraction of sp³-hybridized carbons (Fsp3) is 0.200. The average Bonchev–Trinajstić information content (AvgIpc) is 3.05. The second-order valence-electron chi connectivity index (χ2n) is 5.58. The molecule has 0 amide bonds. The molecule has 4 rings (SSSR count). The molecule has 0 radical (unpaired) electrons. The van der Waals surface area contributed by atoms with Crippen molar-refractivity contribution in [2.75, 3.05) is 5.32 Å². The van der Waals surface area contributed by atoms with Crippen LogP contribution in [0.25, 0.3) is 0 Å². The van der Waals surface area contributed by atoms with Gasteiger partial charge in [-0.3, -0.25) is 13.9 Å². The molecule has 3 heterocycles. The van der Waals surface area contributed by atoms with Gasteiger partial charge in [0.1, 0.15) is 18.2 Å². The Hall–Kier alpha value is -2.68. The van der Waals surface area contributed by atoms with Gasteiger partial charge in [-0.05, 0) is 17.7 Å². The summed E-state index contributed by atoms with van der Waals surface area (Å²) in [6.07, 6.45) is 1.42. The molecule has 2 aromatic heterocycles. The van der Waals surface area contributed by atoms with Crippen LogP contribution in [0.4, 0.5) is 11.8 Å². The Kier molecular flexibility index (Phi) is 3.20. The Bertz CT molecular complexity index is 1060. The Balaban J connectivity index is 2.08. The Morgan fingerprint density at radius 1 is 1.12 bits per heavy atom. The molecule has 0 fully saturated rings. The summed E-state index contributed by atoms with van der Waals surface area (Å²) in [5.74, 6) is 0.926. The van der Waals surface area contributed by atoms with E-state index in [0.717, 1.165) is 14.6 Å². The summed E-state index contributed by atoms with van der Waals surface area (Å²) in [5.41, 5.74) is 0.590. The Labute approximate surface area is 144 Å². The maximum absolute atomic E-state index is 12.8. The average molecular weight is 389 g/mol. The molecular formula is C15H13BrN6O2. The fourth-order valence-corrected chi connectivity index (χ4v) is 3.24. The van der Waals surface area contributed by atoms with Crippen molar-refractivity contribution in [3.63, 3.8) is 0 Å². The highest BCUT2D eigenvalue weighted by molar-refractivity contribution is 9.10. The van der Waals surface area contributed by atoms with E-state index in [0.29, 0.717) is 17.3 Å². The van der Waals surface area contributed by atoms with Crippen LogP contribution in [0.15, 0.2) is 44.7 Å². The van der Waals surface area contributed by atoms with Crippen LogP contribution >= 0.6 is 15.9 Å². The van der Waals surface area contributed by atoms with Crippen LogP contribution < -0.4 is 16.6 Å².